The Hall–Kier alpha value is -2.20. The van der Waals surface area contributed by atoms with Gasteiger partial charge in [-0.05, 0) is 49.3 Å². The van der Waals surface area contributed by atoms with Gasteiger partial charge in [0.15, 0.2) is 5.11 Å². The maximum absolute atomic E-state index is 12.8. The standard InChI is InChI=1S/C23H32N4O4S/c1-29-19-4-5-21-17(14-19)13-18(22(28)25-21)16-27(7-6-26-8-11-30-12-9-26)23(32)24-15-20-3-2-10-31-20/h4-5,13-14,20H,2-3,6-12,15-16H2,1H3,(H,24,32)(H,25,28). The molecule has 32 heavy (non-hydrogen) atoms. The van der Waals surface area contributed by atoms with E-state index in [-0.39, 0.29) is 11.7 Å². The molecule has 2 N–H and O–H groups in total. The zero-order chi connectivity index (χ0) is 22.3. The van der Waals surface area contributed by atoms with Crippen molar-refractivity contribution in [3.63, 3.8) is 0 Å². The normalized spacial score (nSPS) is 19.2. The summed E-state index contributed by atoms with van der Waals surface area (Å²) in [5.41, 5.74) is 1.37. The number of aromatic amines is 1. The molecule has 0 saturated carbocycles. The topological polar surface area (TPSA) is 79.1 Å². The van der Waals surface area contributed by atoms with Gasteiger partial charge in [0, 0.05) is 55.8 Å². The molecule has 0 aliphatic carbocycles. The van der Waals surface area contributed by atoms with Crippen molar-refractivity contribution in [2.45, 2.75) is 25.5 Å². The van der Waals surface area contributed by atoms with E-state index in [2.05, 4.69) is 20.1 Å². The first-order chi connectivity index (χ1) is 15.6. The van der Waals surface area contributed by atoms with Crippen molar-refractivity contribution in [3.05, 3.63) is 40.2 Å². The lowest BCUT2D eigenvalue weighted by molar-refractivity contribution is 0.0356. The molecule has 2 fully saturated rings. The van der Waals surface area contributed by atoms with E-state index in [0.717, 1.165) is 75.5 Å². The zero-order valence-corrected chi connectivity index (χ0v) is 19.4. The highest BCUT2D eigenvalue weighted by Gasteiger charge is 2.19. The summed E-state index contributed by atoms with van der Waals surface area (Å²) in [5, 5.41) is 4.95. The quantitative estimate of drug-likeness (QED) is 0.577. The third-order valence-corrected chi connectivity index (χ3v) is 6.47. The van der Waals surface area contributed by atoms with Crippen molar-refractivity contribution in [3.8, 4) is 5.75 Å². The van der Waals surface area contributed by atoms with Crippen molar-refractivity contribution in [2.24, 2.45) is 0 Å². The smallest absolute Gasteiger partial charge is 0.253 e. The van der Waals surface area contributed by atoms with E-state index < -0.39 is 0 Å². The number of pyridine rings is 1. The third-order valence-electron chi connectivity index (χ3n) is 6.07. The highest BCUT2D eigenvalue weighted by molar-refractivity contribution is 7.80. The van der Waals surface area contributed by atoms with E-state index in [1.54, 1.807) is 7.11 Å². The Balaban J connectivity index is 1.49. The Morgan fingerprint density at radius 2 is 2.16 bits per heavy atom. The van der Waals surface area contributed by atoms with E-state index in [0.29, 0.717) is 23.8 Å². The summed E-state index contributed by atoms with van der Waals surface area (Å²) < 4.78 is 16.5. The van der Waals surface area contributed by atoms with Gasteiger partial charge >= 0.3 is 0 Å². The highest BCUT2D eigenvalue weighted by Crippen LogP contribution is 2.19. The van der Waals surface area contributed by atoms with Crippen LogP contribution in [0.3, 0.4) is 0 Å². The minimum absolute atomic E-state index is 0.0963. The monoisotopic (exact) mass is 460 g/mol. The second-order valence-electron chi connectivity index (χ2n) is 8.27. The number of hydrogen-bond acceptors (Lipinski definition) is 6. The maximum Gasteiger partial charge on any atom is 0.253 e. The van der Waals surface area contributed by atoms with Crippen molar-refractivity contribution >= 4 is 28.2 Å². The van der Waals surface area contributed by atoms with Gasteiger partial charge in [-0.25, -0.2) is 0 Å². The number of benzene rings is 1. The number of hydrogen-bond donors (Lipinski definition) is 2. The molecule has 2 aromatic rings. The van der Waals surface area contributed by atoms with Crippen LogP contribution in [0.25, 0.3) is 10.9 Å². The highest BCUT2D eigenvalue weighted by atomic mass is 32.1. The van der Waals surface area contributed by atoms with E-state index >= 15 is 0 Å². The number of ether oxygens (including phenoxy) is 3. The third kappa shape index (κ3) is 5.98. The molecule has 2 saturated heterocycles. The lowest BCUT2D eigenvalue weighted by Gasteiger charge is -2.31. The number of nitrogens with one attached hydrogen (secondary N) is 2. The molecular weight excluding hydrogens is 428 g/mol. The molecule has 1 atom stereocenters. The zero-order valence-electron chi connectivity index (χ0n) is 18.6. The lowest BCUT2D eigenvalue weighted by atomic mass is 10.1. The Morgan fingerprint density at radius 3 is 2.91 bits per heavy atom. The summed E-state index contributed by atoms with van der Waals surface area (Å²) in [6.45, 7) is 6.89. The van der Waals surface area contributed by atoms with Crippen molar-refractivity contribution in [1.82, 2.24) is 20.1 Å². The van der Waals surface area contributed by atoms with Crippen LogP contribution in [0.4, 0.5) is 0 Å². The molecule has 2 aliphatic heterocycles. The van der Waals surface area contributed by atoms with Crippen molar-refractivity contribution < 1.29 is 14.2 Å². The van der Waals surface area contributed by atoms with Crippen LogP contribution in [0, 0.1) is 0 Å². The summed E-state index contributed by atoms with van der Waals surface area (Å²) in [7, 11) is 1.64. The molecule has 1 unspecified atom stereocenters. The average Bonchev–Trinajstić information content (AvgIpc) is 3.34. The molecule has 0 amide bonds. The van der Waals surface area contributed by atoms with Gasteiger partial charge < -0.3 is 29.4 Å². The largest absolute Gasteiger partial charge is 0.497 e. The van der Waals surface area contributed by atoms with Crippen molar-refractivity contribution in [2.75, 3.05) is 59.7 Å². The number of rotatable bonds is 8. The Morgan fingerprint density at radius 1 is 1.31 bits per heavy atom. The van der Waals surface area contributed by atoms with Crippen molar-refractivity contribution in [1.29, 1.82) is 0 Å². The van der Waals surface area contributed by atoms with Crippen LogP contribution in [0.5, 0.6) is 5.75 Å². The molecule has 8 nitrogen and oxygen atoms in total. The molecule has 2 aliphatic rings. The number of thiocarbonyl (C=S) groups is 1. The predicted molar refractivity (Wildman–Crippen MR) is 128 cm³/mol. The Kier molecular flexibility index (Phi) is 7.96. The van der Waals surface area contributed by atoms with Gasteiger partial charge in [-0.15, -0.1) is 0 Å². The molecule has 4 rings (SSSR count). The predicted octanol–water partition coefficient (Wildman–Crippen LogP) is 1.72. The molecule has 9 heteroatoms. The summed E-state index contributed by atoms with van der Waals surface area (Å²) in [5.74, 6) is 0.758. The van der Waals surface area contributed by atoms with E-state index in [1.165, 1.54) is 0 Å². The molecule has 1 aromatic carbocycles. The number of aromatic nitrogens is 1. The second kappa shape index (κ2) is 11.1. The first-order valence-corrected chi connectivity index (χ1v) is 11.7. The van der Waals surface area contributed by atoms with Gasteiger partial charge in [0.2, 0.25) is 0 Å². The SMILES string of the molecule is COc1ccc2[nH]c(=O)c(CN(CCN3CCOCC3)C(=S)NCC3CCCO3)cc2c1. The van der Waals surface area contributed by atoms with Gasteiger partial charge in [0.25, 0.3) is 5.56 Å². The summed E-state index contributed by atoms with van der Waals surface area (Å²) >= 11 is 5.74. The molecule has 3 heterocycles. The molecular formula is C23H32N4O4S. The van der Waals surface area contributed by atoms with Gasteiger partial charge in [-0.2, -0.15) is 0 Å². The number of morpholine rings is 1. The number of nitrogens with zero attached hydrogens (tertiary/aromatic N) is 2. The first kappa shape index (κ1) is 23.0. The molecule has 1 aromatic heterocycles. The van der Waals surface area contributed by atoms with E-state index in [4.69, 9.17) is 26.4 Å². The lowest BCUT2D eigenvalue weighted by Crippen LogP contribution is -2.47. The van der Waals surface area contributed by atoms with Crippen LogP contribution < -0.4 is 15.6 Å². The minimum Gasteiger partial charge on any atom is -0.497 e. The van der Waals surface area contributed by atoms with Crippen LogP contribution in [0.15, 0.2) is 29.1 Å². The van der Waals surface area contributed by atoms with Crippen LogP contribution in [-0.4, -0.2) is 85.7 Å². The molecule has 174 valence electrons. The maximum atomic E-state index is 12.8. The Bertz CT molecular complexity index is 970. The first-order valence-electron chi connectivity index (χ1n) is 11.3. The van der Waals surface area contributed by atoms with E-state index in [9.17, 15) is 4.79 Å². The summed E-state index contributed by atoms with van der Waals surface area (Å²) in [6, 6.07) is 7.57. The Labute approximate surface area is 193 Å². The average molecular weight is 461 g/mol. The second-order valence-corrected chi connectivity index (χ2v) is 8.66. The van der Waals surface area contributed by atoms with E-state index in [1.807, 2.05) is 24.3 Å². The van der Waals surface area contributed by atoms with Crippen LogP contribution in [0.2, 0.25) is 0 Å². The fourth-order valence-corrected chi connectivity index (χ4v) is 4.38. The summed E-state index contributed by atoms with van der Waals surface area (Å²) in [6.07, 6.45) is 2.34. The summed E-state index contributed by atoms with van der Waals surface area (Å²) in [4.78, 5) is 20.2. The number of fused-ring (bicyclic) bond motifs is 1. The minimum atomic E-state index is -0.0963. The fraction of sp³-hybridized carbons (Fsp3) is 0.565. The van der Waals surface area contributed by atoms with Crippen LogP contribution in [0.1, 0.15) is 18.4 Å². The molecule has 0 bridgehead atoms. The number of methoxy groups -OCH3 is 1. The molecule has 0 spiro atoms. The van der Waals surface area contributed by atoms with Gasteiger partial charge in [0.1, 0.15) is 5.75 Å². The van der Waals surface area contributed by atoms with Gasteiger partial charge in [-0.1, -0.05) is 0 Å². The van der Waals surface area contributed by atoms with Crippen LogP contribution >= 0.6 is 12.2 Å². The fourth-order valence-electron chi connectivity index (χ4n) is 4.14. The molecule has 0 radical (unpaired) electrons. The van der Waals surface area contributed by atoms with Gasteiger partial charge in [0.05, 0.1) is 33.0 Å². The van der Waals surface area contributed by atoms with Crippen LogP contribution in [-0.2, 0) is 16.0 Å². The van der Waals surface area contributed by atoms with Gasteiger partial charge in [-0.3, -0.25) is 9.69 Å². The number of H-pyrrole nitrogens is 1.